The van der Waals surface area contributed by atoms with Crippen LogP contribution in [0, 0.1) is 11.3 Å². The third kappa shape index (κ3) is 3.44. The molecule has 0 radical (unpaired) electrons. The van der Waals surface area contributed by atoms with E-state index in [0.29, 0.717) is 26.4 Å². The van der Waals surface area contributed by atoms with E-state index in [9.17, 15) is 10.1 Å². The van der Waals surface area contributed by atoms with Crippen LogP contribution < -0.4 is 4.74 Å². The Hall–Kier alpha value is -1.83. The molecule has 0 N–H and O–H groups in total. The highest BCUT2D eigenvalue weighted by Crippen LogP contribution is 2.27. The molecule has 2 rings (SSSR count). The van der Waals surface area contributed by atoms with Gasteiger partial charge in [-0.3, -0.25) is 4.79 Å². The summed E-state index contributed by atoms with van der Waals surface area (Å²) in [5, 5.41) is 9.84. The second-order valence-electron chi connectivity index (χ2n) is 4.33. The van der Waals surface area contributed by atoms with Crippen LogP contribution in [0.3, 0.4) is 0 Å². The average molecular weight is 365 g/mol. The number of ether oxygens (including phenoxy) is 1. The summed E-state index contributed by atoms with van der Waals surface area (Å²) < 4.78 is 5.69. The van der Waals surface area contributed by atoms with E-state index in [0.717, 1.165) is 0 Å². The standard InChI is InChI=1S/C16H11BrClNO2/c1-21-12-5-2-10(3-6-12)13(9-19)16(20)11-4-7-15(18)14(17)8-11/h2-8,13H,1H3. The number of carbonyl (C=O) groups excluding carboxylic acids is 1. The van der Waals surface area contributed by atoms with Gasteiger partial charge in [-0.15, -0.1) is 0 Å². The SMILES string of the molecule is COc1ccc(C(C#N)C(=O)c2ccc(Cl)c(Br)c2)cc1. The smallest absolute Gasteiger partial charge is 0.184 e. The number of ketones is 1. The lowest BCUT2D eigenvalue weighted by atomic mass is 9.92. The van der Waals surface area contributed by atoms with Crippen molar-refractivity contribution in [2.24, 2.45) is 0 Å². The van der Waals surface area contributed by atoms with E-state index in [1.54, 1.807) is 49.6 Å². The predicted molar refractivity (Wildman–Crippen MR) is 84.8 cm³/mol. The highest BCUT2D eigenvalue weighted by molar-refractivity contribution is 9.10. The molecule has 1 atom stereocenters. The van der Waals surface area contributed by atoms with Crippen LogP contribution in [0.25, 0.3) is 0 Å². The highest BCUT2D eigenvalue weighted by Gasteiger charge is 2.22. The van der Waals surface area contributed by atoms with Crippen molar-refractivity contribution in [2.45, 2.75) is 5.92 Å². The summed E-state index contributed by atoms with van der Waals surface area (Å²) >= 11 is 9.19. The van der Waals surface area contributed by atoms with Crippen LogP contribution in [0.1, 0.15) is 21.8 Å². The topological polar surface area (TPSA) is 50.1 Å². The summed E-state index contributed by atoms with van der Waals surface area (Å²) in [6.45, 7) is 0. The molecule has 0 amide bonds. The van der Waals surface area contributed by atoms with Gasteiger partial charge in [0.25, 0.3) is 0 Å². The van der Waals surface area contributed by atoms with Gasteiger partial charge < -0.3 is 4.74 Å². The zero-order chi connectivity index (χ0) is 15.4. The molecule has 2 aromatic rings. The van der Waals surface area contributed by atoms with Crippen molar-refractivity contribution in [2.75, 3.05) is 7.11 Å². The largest absolute Gasteiger partial charge is 0.497 e. The molecule has 3 nitrogen and oxygen atoms in total. The fraction of sp³-hybridized carbons (Fsp3) is 0.125. The lowest BCUT2D eigenvalue weighted by Gasteiger charge is -2.10. The van der Waals surface area contributed by atoms with Crippen molar-refractivity contribution in [3.05, 3.63) is 63.1 Å². The van der Waals surface area contributed by atoms with Gasteiger partial charge in [-0.1, -0.05) is 23.7 Å². The molecule has 0 spiro atoms. The molecule has 0 bridgehead atoms. The third-order valence-corrected chi connectivity index (χ3v) is 4.26. The van der Waals surface area contributed by atoms with Crippen LogP contribution in [-0.2, 0) is 0 Å². The van der Waals surface area contributed by atoms with Crippen LogP contribution in [0.15, 0.2) is 46.9 Å². The number of rotatable bonds is 4. The Labute approximate surface area is 136 Å². The first-order valence-electron chi connectivity index (χ1n) is 6.09. The number of nitriles is 1. The van der Waals surface area contributed by atoms with E-state index in [1.165, 1.54) is 0 Å². The Morgan fingerprint density at radius 3 is 2.48 bits per heavy atom. The van der Waals surface area contributed by atoms with Crippen LogP contribution >= 0.6 is 27.5 Å². The Morgan fingerprint density at radius 2 is 1.95 bits per heavy atom. The molecule has 0 aliphatic carbocycles. The normalized spacial score (nSPS) is 11.5. The average Bonchev–Trinajstić information content (AvgIpc) is 2.51. The second kappa shape index (κ2) is 6.75. The van der Waals surface area contributed by atoms with Crippen molar-refractivity contribution in [3.63, 3.8) is 0 Å². The summed E-state index contributed by atoms with van der Waals surface area (Å²) in [6.07, 6.45) is 0. The van der Waals surface area contributed by atoms with E-state index in [2.05, 4.69) is 15.9 Å². The number of methoxy groups -OCH3 is 1. The molecule has 0 heterocycles. The maximum absolute atomic E-state index is 12.5. The number of Topliss-reactive ketones (excluding diaryl/α,β-unsaturated/α-hetero) is 1. The predicted octanol–water partition coefficient (Wildman–Crippen LogP) is 4.60. The molecule has 106 valence electrons. The molecule has 0 aliphatic rings. The van der Waals surface area contributed by atoms with E-state index in [-0.39, 0.29) is 5.78 Å². The van der Waals surface area contributed by atoms with E-state index >= 15 is 0 Å². The number of carbonyl (C=O) groups is 1. The summed E-state index contributed by atoms with van der Waals surface area (Å²) in [7, 11) is 1.56. The molecule has 0 saturated carbocycles. The fourth-order valence-corrected chi connectivity index (χ4v) is 2.39. The minimum Gasteiger partial charge on any atom is -0.497 e. The molecule has 0 aliphatic heterocycles. The monoisotopic (exact) mass is 363 g/mol. The molecule has 0 saturated heterocycles. The van der Waals surface area contributed by atoms with Crippen molar-refractivity contribution in [3.8, 4) is 11.8 Å². The molecule has 0 aromatic heterocycles. The first kappa shape index (κ1) is 15.6. The van der Waals surface area contributed by atoms with Gasteiger partial charge >= 0.3 is 0 Å². The van der Waals surface area contributed by atoms with Gasteiger partial charge in [-0.2, -0.15) is 5.26 Å². The molecular weight excluding hydrogens is 354 g/mol. The number of benzene rings is 2. The summed E-state index contributed by atoms with van der Waals surface area (Å²) in [6, 6.07) is 13.8. The lowest BCUT2D eigenvalue weighted by Crippen LogP contribution is -2.11. The zero-order valence-electron chi connectivity index (χ0n) is 11.1. The number of nitrogens with zero attached hydrogens (tertiary/aromatic N) is 1. The van der Waals surface area contributed by atoms with Crippen LogP contribution in [0.5, 0.6) is 5.75 Å². The lowest BCUT2D eigenvalue weighted by molar-refractivity contribution is 0.0979. The van der Waals surface area contributed by atoms with Gasteiger partial charge in [0.2, 0.25) is 0 Å². The van der Waals surface area contributed by atoms with Crippen LogP contribution in [-0.4, -0.2) is 12.9 Å². The number of hydrogen-bond acceptors (Lipinski definition) is 3. The number of halogens is 2. The van der Waals surface area contributed by atoms with Gasteiger partial charge in [-0.05, 0) is 51.8 Å². The minimum absolute atomic E-state index is 0.264. The summed E-state index contributed by atoms with van der Waals surface area (Å²) in [5.41, 5.74) is 1.07. The summed E-state index contributed by atoms with van der Waals surface area (Å²) in [5.74, 6) is -0.443. The Kier molecular flexibility index (Phi) is 5.00. The van der Waals surface area contributed by atoms with E-state index in [1.807, 2.05) is 6.07 Å². The maximum atomic E-state index is 12.5. The first-order valence-corrected chi connectivity index (χ1v) is 7.26. The number of hydrogen-bond donors (Lipinski definition) is 0. The summed E-state index contributed by atoms with van der Waals surface area (Å²) in [4.78, 5) is 12.5. The second-order valence-corrected chi connectivity index (χ2v) is 5.59. The molecule has 5 heteroatoms. The molecule has 21 heavy (non-hydrogen) atoms. The van der Waals surface area contributed by atoms with Gasteiger partial charge in [0.15, 0.2) is 5.78 Å². The maximum Gasteiger partial charge on any atom is 0.184 e. The molecular formula is C16H11BrClNO2. The molecule has 0 fully saturated rings. The van der Waals surface area contributed by atoms with E-state index < -0.39 is 5.92 Å². The molecule has 2 aromatic carbocycles. The van der Waals surface area contributed by atoms with Crippen molar-refractivity contribution < 1.29 is 9.53 Å². The Bertz CT molecular complexity index is 707. The van der Waals surface area contributed by atoms with Gasteiger partial charge in [0.1, 0.15) is 11.7 Å². The van der Waals surface area contributed by atoms with Crippen molar-refractivity contribution in [1.82, 2.24) is 0 Å². The molecule has 1 unspecified atom stereocenters. The van der Waals surface area contributed by atoms with Gasteiger partial charge in [0.05, 0.1) is 18.2 Å². The van der Waals surface area contributed by atoms with E-state index in [4.69, 9.17) is 16.3 Å². The zero-order valence-corrected chi connectivity index (χ0v) is 13.5. The third-order valence-electron chi connectivity index (χ3n) is 3.04. The van der Waals surface area contributed by atoms with Crippen molar-refractivity contribution >= 4 is 33.3 Å². The van der Waals surface area contributed by atoms with Crippen LogP contribution in [0.2, 0.25) is 5.02 Å². The first-order chi connectivity index (χ1) is 10.1. The fourth-order valence-electron chi connectivity index (χ4n) is 1.90. The van der Waals surface area contributed by atoms with Gasteiger partial charge in [0, 0.05) is 10.0 Å². The van der Waals surface area contributed by atoms with Gasteiger partial charge in [-0.25, -0.2) is 0 Å². The quantitative estimate of drug-likeness (QED) is 0.745. The Balaban J connectivity index is 2.33. The highest BCUT2D eigenvalue weighted by atomic mass is 79.9. The minimum atomic E-state index is -0.857. The van der Waals surface area contributed by atoms with Crippen molar-refractivity contribution in [1.29, 1.82) is 5.26 Å². The van der Waals surface area contributed by atoms with Crippen LogP contribution in [0.4, 0.5) is 0 Å². The Morgan fingerprint density at radius 1 is 1.29 bits per heavy atom.